The Kier molecular flexibility index (Phi) is 7.23. The third-order valence-corrected chi connectivity index (χ3v) is 6.26. The zero-order valence-electron chi connectivity index (χ0n) is 16.6. The van der Waals surface area contributed by atoms with Crippen LogP contribution in [0.3, 0.4) is 0 Å². The summed E-state index contributed by atoms with van der Waals surface area (Å²) in [7, 11) is 0. The lowest BCUT2D eigenvalue weighted by Crippen LogP contribution is -2.40. The van der Waals surface area contributed by atoms with Gasteiger partial charge in [0, 0.05) is 18.7 Å². The number of aliphatic carboxylic acids is 1. The molecule has 0 bridgehead atoms. The van der Waals surface area contributed by atoms with E-state index in [1.165, 1.54) is 11.1 Å². The fourth-order valence-corrected chi connectivity index (χ4v) is 4.55. The van der Waals surface area contributed by atoms with Crippen molar-refractivity contribution in [2.24, 2.45) is 11.1 Å². The van der Waals surface area contributed by atoms with E-state index in [2.05, 4.69) is 53.5 Å². The molecule has 1 aliphatic heterocycles. The van der Waals surface area contributed by atoms with Gasteiger partial charge in [-0.25, -0.2) is 0 Å². The van der Waals surface area contributed by atoms with E-state index in [0.29, 0.717) is 19.7 Å². The number of benzene rings is 1. The molecule has 1 aromatic heterocycles. The highest BCUT2D eigenvalue weighted by atomic mass is 32.1. The molecule has 5 nitrogen and oxygen atoms in total. The average molecular weight is 401 g/mol. The van der Waals surface area contributed by atoms with Gasteiger partial charge in [-0.2, -0.15) is 0 Å². The molecular weight excluding hydrogens is 372 g/mol. The number of likely N-dealkylation sites (tertiary alicyclic amines) is 1. The minimum atomic E-state index is -0.699. The summed E-state index contributed by atoms with van der Waals surface area (Å²) in [6.45, 7) is 6.90. The summed E-state index contributed by atoms with van der Waals surface area (Å²) in [5.41, 5.74) is 4.43. The van der Waals surface area contributed by atoms with Crippen molar-refractivity contribution in [2.75, 3.05) is 26.2 Å². The molecule has 3 rings (SSSR count). The van der Waals surface area contributed by atoms with E-state index in [4.69, 9.17) is 4.84 Å². The largest absolute Gasteiger partial charge is 0.481 e. The van der Waals surface area contributed by atoms with Crippen LogP contribution in [-0.2, 0) is 16.1 Å². The standard InChI is InChI=1S/C22H28N2O3S/c1-3-17-7-4-5-9-19(17)20(21-16(2)10-14-28-21)23-27-13-12-24-11-6-8-18(15-24)22(25)26/h4-5,7,9-10,14,18H,3,6,8,11-13,15H2,1-2H3,(H,25,26)/t18-/m1/s1. The summed E-state index contributed by atoms with van der Waals surface area (Å²) in [6.07, 6.45) is 2.62. The summed E-state index contributed by atoms with van der Waals surface area (Å²) >= 11 is 1.67. The molecule has 1 aromatic carbocycles. The van der Waals surface area contributed by atoms with Crippen molar-refractivity contribution < 1.29 is 14.7 Å². The van der Waals surface area contributed by atoms with Gasteiger partial charge < -0.3 is 9.94 Å². The number of piperidine rings is 1. The third-order valence-electron chi connectivity index (χ3n) is 5.24. The lowest BCUT2D eigenvalue weighted by Gasteiger charge is -2.29. The second kappa shape index (κ2) is 9.85. The quantitative estimate of drug-likeness (QED) is 0.410. The van der Waals surface area contributed by atoms with Gasteiger partial charge in [0.1, 0.15) is 12.3 Å². The Morgan fingerprint density at radius 2 is 2.18 bits per heavy atom. The minimum absolute atomic E-state index is 0.266. The van der Waals surface area contributed by atoms with Crippen LogP contribution < -0.4 is 0 Å². The molecule has 1 atom stereocenters. The van der Waals surface area contributed by atoms with Gasteiger partial charge in [0.25, 0.3) is 0 Å². The van der Waals surface area contributed by atoms with Crippen LogP contribution in [0.4, 0.5) is 0 Å². The van der Waals surface area contributed by atoms with E-state index in [-0.39, 0.29) is 5.92 Å². The fraction of sp³-hybridized carbons (Fsp3) is 0.455. The first-order valence-corrected chi connectivity index (χ1v) is 10.8. The maximum Gasteiger partial charge on any atom is 0.307 e. The van der Waals surface area contributed by atoms with Gasteiger partial charge in [0.05, 0.1) is 10.8 Å². The van der Waals surface area contributed by atoms with Gasteiger partial charge >= 0.3 is 5.97 Å². The zero-order chi connectivity index (χ0) is 19.9. The van der Waals surface area contributed by atoms with Crippen LogP contribution in [-0.4, -0.2) is 47.9 Å². The second-order valence-electron chi connectivity index (χ2n) is 7.19. The Bertz CT molecular complexity index is 831. The summed E-state index contributed by atoms with van der Waals surface area (Å²) in [6, 6.07) is 10.4. The van der Waals surface area contributed by atoms with Gasteiger partial charge in [0.15, 0.2) is 0 Å². The first kappa shape index (κ1) is 20.6. The second-order valence-corrected chi connectivity index (χ2v) is 8.11. The molecule has 150 valence electrons. The van der Waals surface area contributed by atoms with Crippen LogP contribution in [0.2, 0.25) is 0 Å². The smallest absolute Gasteiger partial charge is 0.307 e. The molecule has 0 aliphatic carbocycles. The molecule has 1 saturated heterocycles. The molecule has 0 amide bonds. The van der Waals surface area contributed by atoms with Gasteiger partial charge in [-0.3, -0.25) is 9.69 Å². The SMILES string of the molecule is CCc1ccccc1C(=NOCCN1CCC[C@@H](C(=O)O)C1)c1sccc1C. The third kappa shape index (κ3) is 5.00. The van der Waals surface area contributed by atoms with Crippen LogP contribution in [0.15, 0.2) is 40.9 Å². The van der Waals surface area contributed by atoms with E-state index in [0.717, 1.165) is 42.0 Å². The molecule has 6 heteroatoms. The van der Waals surface area contributed by atoms with E-state index in [1.807, 2.05) is 6.07 Å². The average Bonchev–Trinajstić information content (AvgIpc) is 3.14. The zero-order valence-corrected chi connectivity index (χ0v) is 17.4. The van der Waals surface area contributed by atoms with Crippen LogP contribution in [0.5, 0.6) is 0 Å². The van der Waals surface area contributed by atoms with Gasteiger partial charge in [-0.15, -0.1) is 11.3 Å². The van der Waals surface area contributed by atoms with Crippen molar-refractivity contribution in [3.63, 3.8) is 0 Å². The van der Waals surface area contributed by atoms with Crippen LogP contribution in [0, 0.1) is 12.8 Å². The summed E-state index contributed by atoms with van der Waals surface area (Å²) in [4.78, 5) is 20.2. The minimum Gasteiger partial charge on any atom is -0.481 e. The van der Waals surface area contributed by atoms with E-state index < -0.39 is 5.97 Å². The fourth-order valence-electron chi connectivity index (χ4n) is 3.63. The Hall–Kier alpha value is -2.18. The topological polar surface area (TPSA) is 62.1 Å². The van der Waals surface area contributed by atoms with Crippen molar-refractivity contribution >= 4 is 23.0 Å². The number of rotatable bonds is 8. The lowest BCUT2D eigenvalue weighted by atomic mass is 9.98. The highest BCUT2D eigenvalue weighted by molar-refractivity contribution is 7.12. The molecule has 28 heavy (non-hydrogen) atoms. The van der Waals surface area contributed by atoms with Crippen molar-refractivity contribution in [3.8, 4) is 0 Å². The number of nitrogens with zero attached hydrogens (tertiary/aromatic N) is 2. The Labute approximate surface area is 170 Å². The number of thiophene rings is 1. The number of aryl methyl sites for hydroxylation is 2. The molecule has 0 radical (unpaired) electrons. The normalized spacial score (nSPS) is 18.2. The Morgan fingerprint density at radius 1 is 1.36 bits per heavy atom. The number of hydrogen-bond donors (Lipinski definition) is 1. The molecular formula is C22H28N2O3S. The number of oxime groups is 1. The van der Waals surface area contributed by atoms with Crippen molar-refractivity contribution in [2.45, 2.75) is 33.1 Å². The number of carboxylic acid groups (broad SMARTS) is 1. The van der Waals surface area contributed by atoms with Crippen LogP contribution >= 0.6 is 11.3 Å². The van der Waals surface area contributed by atoms with E-state index >= 15 is 0 Å². The van der Waals surface area contributed by atoms with Gasteiger partial charge in [-0.1, -0.05) is 36.3 Å². The monoisotopic (exact) mass is 400 g/mol. The first-order chi connectivity index (χ1) is 13.6. The van der Waals surface area contributed by atoms with Crippen LogP contribution in [0.1, 0.15) is 41.3 Å². The Morgan fingerprint density at radius 3 is 2.89 bits per heavy atom. The molecule has 2 aromatic rings. The van der Waals surface area contributed by atoms with Gasteiger partial charge in [-0.05, 0) is 55.3 Å². The highest BCUT2D eigenvalue weighted by Crippen LogP contribution is 2.23. The van der Waals surface area contributed by atoms with Crippen molar-refractivity contribution in [1.29, 1.82) is 0 Å². The predicted octanol–water partition coefficient (Wildman–Crippen LogP) is 4.18. The molecule has 1 fully saturated rings. The number of carboxylic acids is 1. The lowest BCUT2D eigenvalue weighted by molar-refractivity contribution is -0.143. The van der Waals surface area contributed by atoms with Gasteiger partial charge in [0.2, 0.25) is 0 Å². The van der Waals surface area contributed by atoms with Crippen LogP contribution in [0.25, 0.3) is 0 Å². The molecule has 1 aliphatic rings. The Balaban J connectivity index is 1.70. The predicted molar refractivity (Wildman–Crippen MR) is 113 cm³/mol. The van der Waals surface area contributed by atoms with Crippen molar-refractivity contribution in [3.05, 3.63) is 57.3 Å². The van der Waals surface area contributed by atoms with E-state index in [9.17, 15) is 9.90 Å². The maximum absolute atomic E-state index is 11.2. The number of carbonyl (C=O) groups is 1. The first-order valence-electron chi connectivity index (χ1n) is 9.88. The molecule has 0 saturated carbocycles. The highest BCUT2D eigenvalue weighted by Gasteiger charge is 2.25. The molecule has 1 N–H and O–H groups in total. The molecule has 0 spiro atoms. The molecule has 2 heterocycles. The number of hydrogen-bond acceptors (Lipinski definition) is 5. The van der Waals surface area contributed by atoms with Crippen molar-refractivity contribution in [1.82, 2.24) is 4.90 Å². The molecule has 0 unspecified atom stereocenters. The summed E-state index contributed by atoms with van der Waals surface area (Å²) in [5.74, 6) is -0.965. The summed E-state index contributed by atoms with van der Waals surface area (Å²) in [5, 5.41) is 15.8. The van der Waals surface area contributed by atoms with E-state index in [1.54, 1.807) is 11.3 Å². The summed E-state index contributed by atoms with van der Waals surface area (Å²) < 4.78 is 0. The maximum atomic E-state index is 11.2.